The molecular formula is C12H20N2O4. The molecule has 2 heterocycles. The molecule has 1 N–H and O–H groups in total. The molecule has 1 amide bonds. The second-order valence-electron chi connectivity index (χ2n) is 5.18. The van der Waals surface area contributed by atoms with Crippen molar-refractivity contribution in [2.45, 2.75) is 19.4 Å². The van der Waals surface area contributed by atoms with Crippen molar-refractivity contribution in [3.8, 4) is 0 Å². The van der Waals surface area contributed by atoms with Gasteiger partial charge in [-0.2, -0.15) is 0 Å². The van der Waals surface area contributed by atoms with Gasteiger partial charge in [-0.3, -0.25) is 14.5 Å². The third kappa shape index (κ3) is 3.43. The number of likely N-dealkylation sites (tertiary alicyclic amines) is 1. The number of carbonyl (C=O) groups is 2. The van der Waals surface area contributed by atoms with Gasteiger partial charge in [0.1, 0.15) is 0 Å². The van der Waals surface area contributed by atoms with Crippen molar-refractivity contribution in [2.75, 3.05) is 39.3 Å². The first-order chi connectivity index (χ1) is 8.54. The molecule has 1 atom stereocenters. The molecule has 0 spiro atoms. The maximum Gasteiger partial charge on any atom is 0.303 e. The van der Waals surface area contributed by atoms with Crippen LogP contribution in [0.2, 0.25) is 0 Å². The lowest BCUT2D eigenvalue weighted by atomic mass is 9.96. The fourth-order valence-electron chi connectivity index (χ4n) is 2.52. The van der Waals surface area contributed by atoms with Crippen molar-refractivity contribution in [3.05, 3.63) is 0 Å². The number of amides is 1. The van der Waals surface area contributed by atoms with Crippen LogP contribution in [0.3, 0.4) is 0 Å². The lowest BCUT2D eigenvalue weighted by Crippen LogP contribution is -2.54. The van der Waals surface area contributed by atoms with Gasteiger partial charge in [0.2, 0.25) is 5.91 Å². The third-order valence-corrected chi connectivity index (χ3v) is 3.45. The van der Waals surface area contributed by atoms with E-state index in [9.17, 15) is 9.59 Å². The molecule has 2 aliphatic heterocycles. The molecule has 2 rings (SSSR count). The Morgan fingerprint density at radius 2 is 2.06 bits per heavy atom. The first kappa shape index (κ1) is 13.3. The van der Waals surface area contributed by atoms with E-state index >= 15 is 0 Å². The van der Waals surface area contributed by atoms with Crippen LogP contribution >= 0.6 is 0 Å². The average molecular weight is 256 g/mol. The molecule has 2 fully saturated rings. The summed E-state index contributed by atoms with van der Waals surface area (Å²) in [5, 5.41) is 8.64. The van der Waals surface area contributed by atoms with E-state index in [0.717, 1.165) is 13.1 Å². The predicted octanol–water partition coefficient (Wildman–Crippen LogP) is -0.360. The van der Waals surface area contributed by atoms with Crippen LogP contribution in [0, 0.1) is 5.92 Å². The van der Waals surface area contributed by atoms with Crippen LogP contribution in [-0.2, 0) is 14.3 Å². The minimum absolute atomic E-state index is 0.110. The Kier molecular flexibility index (Phi) is 4.19. The number of nitrogens with zero attached hydrogens (tertiary/aromatic N) is 2. The van der Waals surface area contributed by atoms with E-state index in [1.54, 1.807) is 0 Å². The highest BCUT2D eigenvalue weighted by Gasteiger charge is 2.31. The van der Waals surface area contributed by atoms with Crippen molar-refractivity contribution in [3.63, 3.8) is 0 Å². The molecule has 2 saturated heterocycles. The van der Waals surface area contributed by atoms with Crippen molar-refractivity contribution < 1.29 is 19.4 Å². The molecule has 6 nitrogen and oxygen atoms in total. The topological polar surface area (TPSA) is 70.1 Å². The maximum absolute atomic E-state index is 12.0. The van der Waals surface area contributed by atoms with Crippen LogP contribution in [0.5, 0.6) is 0 Å². The van der Waals surface area contributed by atoms with Gasteiger partial charge in [0.25, 0.3) is 0 Å². The molecule has 0 aromatic heterocycles. The minimum atomic E-state index is -0.756. The number of carbonyl (C=O) groups excluding carboxylic acids is 1. The Morgan fingerprint density at radius 3 is 2.67 bits per heavy atom. The van der Waals surface area contributed by atoms with Crippen LogP contribution < -0.4 is 0 Å². The number of aliphatic carboxylic acids is 1. The number of hydrogen-bond acceptors (Lipinski definition) is 4. The lowest BCUT2D eigenvalue weighted by Gasteiger charge is -2.40. The SMILES string of the molecule is CC1CN(C(=O)CN2CC(CC(=O)O)C2)CCO1. The molecule has 0 radical (unpaired) electrons. The van der Waals surface area contributed by atoms with Gasteiger partial charge in [-0.05, 0) is 12.8 Å². The summed E-state index contributed by atoms with van der Waals surface area (Å²) in [5.41, 5.74) is 0. The second-order valence-corrected chi connectivity index (χ2v) is 5.18. The summed E-state index contributed by atoms with van der Waals surface area (Å²) >= 11 is 0. The van der Waals surface area contributed by atoms with Crippen molar-refractivity contribution in [1.82, 2.24) is 9.80 Å². The van der Waals surface area contributed by atoms with E-state index in [4.69, 9.17) is 9.84 Å². The van der Waals surface area contributed by atoms with Crippen LogP contribution in [0.4, 0.5) is 0 Å². The molecular weight excluding hydrogens is 236 g/mol. The predicted molar refractivity (Wildman–Crippen MR) is 64.2 cm³/mol. The first-order valence-corrected chi connectivity index (χ1v) is 6.38. The number of ether oxygens (including phenoxy) is 1. The Hall–Kier alpha value is -1.14. The smallest absolute Gasteiger partial charge is 0.303 e. The number of rotatable bonds is 4. The maximum atomic E-state index is 12.0. The normalized spacial score (nSPS) is 25.8. The zero-order chi connectivity index (χ0) is 13.1. The minimum Gasteiger partial charge on any atom is -0.481 e. The molecule has 6 heteroatoms. The zero-order valence-corrected chi connectivity index (χ0v) is 10.7. The Morgan fingerprint density at radius 1 is 1.33 bits per heavy atom. The van der Waals surface area contributed by atoms with E-state index in [-0.39, 0.29) is 24.3 Å². The lowest BCUT2D eigenvalue weighted by molar-refractivity contribution is -0.142. The molecule has 0 aromatic carbocycles. The summed E-state index contributed by atoms with van der Waals surface area (Å²) in [7, 11) is 0. The van der Waals surface area contributed by atoms with Crippen molar-refractivity contribution in [1.29, 1.82) is 0 Å². The van der Waals surface area contributed by atoms with Gasteiger partial charge in [-0.1, -0.05) is 0 Å². The second kappa shape index (κ2) is 5.67. The zero-order valence-electron chi connectivity index (χ0n) is 10.7. The summed E-state index contributed by atoms with van der Waals surface area (Å²) in [6.07, 6.45) is 0.318. The van der Waals surface area contributed by atoms with Gasteiger partial charge < -0.3 is 14.7 Å². The summed E-state index contributed by atoms with van der Waals surface area (Å²) in [6.45, 7) is 5.74. The van der Waals surface area contributed by atoms with E-state index in [1.165, 1.54) is 0 Å². The summed E-state index contributed by atoms with van der Waals surface area (Å²) in [6, 6.07) is 0. The standard InChI is InChI=1S/C12H20N2O4/c1-9-5-14(2-3-18-9)11(15)8-13-6-10(7-13)4-12(16)17/h9-10H,2-8H2,1H3,(H,16,17). The average Bonchev–Trinajstić information content (AvgIpc) is 2.25. The highest BCUT2D eigenvalue weighted by atomic mass is 16.5. The summed E-state index contributed by atoms with van der Waals surface area (Å²) in [4.78, 5) is 26.3. The molecule has 0 aromatic rings. The van der Waals surface area contributed by atoms with Gasteiger partial charge in [-0.15, -0.1) is 0 Å². The molecule has 2 aliphatic rings. The molecule has 18 heavy (non-hydrogen) atoms. The first-order valence-electron chi connectivity index (χ1n) is 6.38. The van der Waals surface area contributed by atoms with Gasteiger partial charge in [0.15, 0.2) is 0 Å². The Balaban J connectivity index is 1.68. The van der Waals surface area contributed by atoms with Crippen LogP contribution in [0.25, 0.3) is 0 Å². The number of morpholine rings is 1. The highest BCUT2D eigenvalue weighted by molar-refractivity contribution is 5.78. The molecule has 1 unspecified atom stereocenters. The van der Waals surface area contributed by atoms with E-state index in [1.807, 2.05) is 16.7 Å². The van der Waals surface area contributed by atoms with E-state index in [0.29, 0.717) is 26.2 Å². The van der Waals surface area contributed by atoms with E-state index in [2.05, 4.69) is 0 Å². The summed E-state index contributed by atoms with van der Waals surface area (Å²) < 4.78 is 5.39. The highest BCUT2D eigenvalue weighted by Crippen LogP contribution is 2.19. The number of hydrogen-bond donors (Lipinski definition) is 1. The largest absolute Gasteiger partial charge is 0.481 e. The Labute approximate surface area is 106 Å². The fraction of sp³-hybridized carbons (Fsp3) is 0.833. The van der Waals surface area contributed by atoms with Gasteiger partial charge in [-0.25, -0.2) is 0 Å². The van der Waals surface area contributed by atoms with Crippen molar-refractivity contribution in [2.24, 2.45) is 5.92 Å². The molecule has 0 bridgehead atoms. The number of carboxylic acid groups (broad SMARTS) is 1. The van der Waals surface area contributed by atoms with Crippen LogP contribution in [0.15, 0.2) is 0 Å². The monoisotopic (exact) mass is 256 g/mol. The van der Waals surface area contributed by atoms with Gasteiger partial charge in [0.05, 0.1) is 25.7 Å². The Bertz CT molecular complexity index is 328. The quantitative estimate of drug-likeness (QED) is 0.744. The fourth-order valence-corrected chi connectivity index (χ4v) is 2.52. The van der Waals surface area contributed by atoms with E-state index < -0.39 is 5.97 Å². The van der Waals surface area contributed by atoms with Gasteiger partial charge >= 0.3 is 5.97 Å². The summed E-state index contributed by atoms with van der Waals surface area (Å²) in [5.74, 6) is -0.425. The molecule has 0 saturated carbocycles. The molecule has 0 aliphatic carbocycles. The van der Waals surface area contributed by atoms with Crippen LogP contribution in [0.1, 0.15) is 13.3 Å². The van der Waals surface area contributed by atoms with Crippen LogP contribution in [-0.4, -0.2) is 72.2 Å². The van der Waals surface area contributed by atoms with Crippen molar-refractivity contribution >= 4 is 11.9 Å². The van der Waals surface area contributed by atoms with Gasteiger partial charge in [0, 0.05) is 26.2 Å². The molecule has 102 valence electrons. The third-order valence-electron chi connectivity index (χ3n) is 3.45. The number of carboxylic acids is 1.